The molecule has 1 atom stereocenters. The maximum absolute atomic E-state index is 11.0. The van der Waals surface area contributed by atoms with Gasteiger partial charge in [-0.3, -0.25) is 4.68 Å². The van der Waals surface area contributed by atoms with Gasteiger partial charge in [0.05, 0.1) is 11.2 Å². The molecule has 4 heteroatoms. The van der Waals surface area contributed by atoms with Crippen molar-refractivity contribution in [3.8, 4) is 0 Å². The summed E-state index contributed by atoms with van der Waals surface area (Å²) in [7, 11) is 4.18. The van der Waals surface area contributed by atoms with Gasteiger partial charge in [-0.05, 0) is 58.7 Å². The van der Waals surface area contributed by atoms with E-state index in [1.54, 1.807) is 6.20 Å². The topological polar surface area (TPSA) is 41.3 Å². The van der Waals surface area contributed by atoms with Gasteiger partial charge in [-0.1, -0.05) is 6.92 Å². The van der Waals surface area contributed by atoms with Gasteiger partial charge in [0.15, 0.2) is 0 Å². The van der Waals surface area contributed by atoms with Gasteiger partial charge in [0, 0.05) is 12.7 Å². The molecule has 0 bridgehead atoms. The summed E-state index contributed by atoms with van der Waals surface area (Å²) in [5.41, 5.74) is 0.810. The molecule has 4 nitrogen and oxygen atoms in total. The summed E-state index contributed by atoms with van der Waals surface area (Å²) in [6.45, 7) is 5.18. The fourth-order valence-corrected chi connectivity index (χ4v) is 3.34. The Bertz CT molecular complexity index is 405. The predicted molar refractivity (Wildman–Crippen MR) is 76.9 cm³/mol. The SMILES string of the molecule is CCn1nccc1C(O)C1(N(C)C)CCC(C)CC1. The van der Waals surface area contributed by atoms with Gasteiger partial charge in [-0.15, -0.1) is 0 Å². The van der Waals surface area contributed by atoms with Crippen molar-refractivity contribution in [2.75, 3.05) is 14.1 Å². The van der Waals surface area contributed by atoms with E-state index in [-0.39, 0.29) is 5.54 Å². The molecular formula is C15H27N3O. The first-order chi connectivity index (χ1) is 9.01. The minimum Gasteiger partial charge on any atom is -0.385 e. The van der Waals surface area contributed by atoms with E-state index in [1.807, 2.05) is 10.7 Å². The van der Waals surface area contributed by atoms with E-state index in [1.165, 1.54) is 12.8 Å². The van der Waals surface area contributed by atoms with Crippen molar-refractivity contribution in [3.63, 3.8) is 0 Å². The smallest absolute Gasteiger partial charge is 0.114 e. The lowest BCUT2D eigenvalue weighted by Gasteiger charge is -2.47. The van der Waals surface area contributed by atoms with E-state index in [9.17, 15) is 5.11 Å². The second-order valence-electron chi connectivity index (χ2n) is 6.15. The van der Waals surface area contributed by atoms with Crippen molar-refractivity contribution in [1.82, 2.24) is 14.7 Å². The third kappa shape index (κ3) is 2.56. The molecule has 1 fully saturated rings. The summed E-state index contributed by atoms with van der Waals surface area (Å²) < 4.78 is 1.91. The maximum atomic E-state index is 11.0. The van der Waals surface area contributed by atoms with E-state index in [2.05, 4.69) is 37.9 Å². The highest BCUT2D eigenvalue weighted by Gasteiger charge is 2.44. The molecule has 1 saturated carbocycles. The van der Waals surface area contributed by atoms with Crippen LogP contribution in [0.3, 0.4) is 0 Å². The van der Waals surface area contributed by atoms with E-state index < -0.39 is 6.10 Å². The molecule has 2 rings (SSSR count). The Hall–Kier alpha value is -0.870. The van der Waals surface area contributed by atoms with Crippen LogP contribution >= 0.6 is 0 Å². The molecule has 0 spiro atoms. The van der Waals surface area contributed by atoms with E-state index in [0.717, 1.165) is 31.0 Å². The average Bonchev–Trinajstić information content (AvgIpc) is 2.87. The van der Waals surface area contributed by atoms with Crippen LogP contribution in [0.25, 0.3) is 0 Å². The molecule has 0 saturated heterocycles. The quantitative estimate of drug-likeness (QED) is 0.909. The lowest BCUT2D eigenvalue weighted by Crippen LogP contribution is -2.51. The second-order valence-corrected chi connectivity index (χ2v) is 6.15. The first kappa shape index (κ1) is 14.5. The summed E-state index contributed by atoms with van der Waals surface area (Å²) in [6, 6.07) is 1.96. The van der Waals surface area contributed by atoms with Crippen molar-refractivity contribution in [2.24, 2.45) is 5.92 Å². The molecule has 1 aromatic heterocycles. The summed E-state index contributed by atoms with van der Waals surface area (Å²) >= 11 is 0. The zero-order valence-electron chi connectivity index (χ0n) is 12.6. The van der Waals surface area contributed by atoms with Gasteiger partial charge < -0.3 is 10.0 Å². The van der Waals surface area contributed by atoms with Crippen LogP contribution in [0.2, 0.25) is 0 Å². The van der Waals surface area contributed by atoms with Gasteiger partial charge >= 0.3 is 0 Å². The van der Waals surface area contributed by atoms with Gasteiger partial charge in [-0.25, -0.2) is 0 Å². The van der Waals surface area contributed by atoms with Crippen LogP contribution in [-0.4, -0.2) is 39.4 Å². The second kappa shape index (κ2) is 5.63. The Morgan fingerprint density at radius 3 is 2.63 bits per heavy atom. The number of nitrogens with zero attached hydrogens (tertiary/aromatic N) is 3. The van der Waals surface area contributed by atoms with E-state index in [4.69, 9.17) is 0 Å². The fraction of sp³-hybridized carbons (Fsp3) is 0.800. The molecule has 1 N–H and O–H groups in total. The molecule has 1 heterocycles. The Balaban J connectivity index is 2.29. The van der Waals surface area contributed by atoms with Gasteiger partial charge in [0.25, 0.3) is 0 Å². The van der Waals surface area contributed by atoms with Gasteiger partial charge in [0.1, 0.15) is 6.10 Å². The molecule has 0 amide bonds. The summed E-state index contributed by atoms with van der Waals surface area (Å²) in [6.07, 6.45) is 5.81. The summed E-state index contributed by atoms with van der Waals surface area (Å²) in [5, 5.41) is 15.2. The largest absolute Gasteiger partial charge is 0.385 e. The highest BCUT2D eigenvalue weighted by atomic mass is 16.3. The molecule has 1 unspecified atom stereocenters. The molecular weight excluding hydrogens is 238 g/mol. The lowest BCUT2D eigenvalue weighted by molar-refractivity contribution is -0.0448. The lowest BCUT2D eigenvalue weighted by atomic mass is 9.72. The van der Waals surface area contributed by atoms with Crippen LogP contribution in [0.5, 0.6) is 0 Å². The number of rotatable bonds is 4. The molecule has 1 aromatic rings. The molecule has 1 aliphatic rings. The van der Waals surface area contributed by atoms with Crippen molar-refractivity contribution in [3.05, 3.63) is 18.0 Å². The number of aromatic nitrogens is 2. The number of likely N-dealkylation sites (N-methyl/N-ethyl adjacent to an activating group) is 1. The average molecular weight is 265 g/mol. The maximum Gasteiger partial charge on any atom is 0.114 e. The monoisotopic (exact) mass is 265 g/mol. The number of aryl methyl sites for hydroxylation is 1. The first-order valence-corrected chi connectivity index (χ1v) is 7.38. The predicted octanol–water partition coefficient (Wildman–Crippen LogP) is 2.45. The standard InChI is InChI=1S/C15H27N3O/c1-5-18-13(8-11-16-18)14(19)15(17(3)4)9-6-12(2)7-10-15/h8,11-12,14,19H,5-7,9-10H2,1-4H3. The zero-order chi connectivity index (χ0) is 14.0. The van der Waals surface area contributed by atoms with Crippen molar-refractivity contribution < 1.29 is 5.11 Å². The van der Waals surface area contributed by atoms with Crippen LogP contribution in [-0.2, 0) is 6.54 Å². The Morgan fingerprint density at radius 2 is 2.11 bits per heavy atom. The Morgan fingerprint density at radius 1 is 1.47 bits per heavy atom. The molecule has 1 aliphatic carbocycles. The fourth-order valence-electron chi connectivity index (χ4n) is 3.34. The number of aliphatic hydroxyl groups excluding tert-OH is 1. The summed E-state index contributed by atoms with van der Waals surface area (Å²) in [4.78, 5) is 2.22. The van der Waals surface area contributed by atoms with Crippen molar-refractivity contribution in [2.45, 2.75) is 57.7 Å². The van der Waals surface area contributed by atoms with Crippen LogP contribution in [0.1, 0.15) is 51.3 Å². The number of aliphatic hydroxyl groups is 1. The molecule has 0 aliphatic heterocycles. The van der Waals surface area contributed by atoms with E-state index in [0.29, 0.717) is 0 Å². The van der Waals surface area contributed by atoms with Crippen molar-refractivity contribution in [1.29, 1.82) is 0 Å². The molecule has 0 aromatic carbocycles. The normalized spacial score (nSPS) is 29.7. The minimum absolute atomic E-state index is 0.139. The van der Waals surface area contributed by atoms with Gasteiger partial charge in [0.2, 0.25) is 0 Å². The third-order valence-electron chi connectivity index (χ3n) is 4.87. The minimum atomic E-state index is -0.461. The van der Waals surface area contributed by atoms with Crippen LogP contribution in [0.15, 0.2) is 12.3 Å². The number of hydrogen-bond donors (Lipinski definition) is 1. The molecule has 108 valence electrons. The molecule has 0 radical (unpaired) electrons. The van der Waals surface area contributed by atoms with Crippen molar-refractivity contribution >= 4 is 0 Å². The van der Waals surface area contributed by atoms with Crippen LogP contribution in [0.4, 0.5) is 0 Å². The van der Waals surface area contributed by atoms with Crippen LogP contribution < -0.4 is 0 Å². The Labute approximate surface area is 116 Å². The van der Waals surface area contributed by atoms with Gasteiger partial charge in [-0.2, -0.15) is 5.10 Å². The zero-order valence-corrected chi connectivity index (χ0v) is 12.6. The third-order valence-corrected chi connectivity index (χ3v) is 4.87. The van der Waals surface area contributed by atoms with E-state index >= 15 is 0 Å². The Kier molecular flexibility index (Phi) is 4.31. The number of hydrogen-bond acceptors (Lipinski definition) is 3. The van der Waals surface area contributed by atoms with Crippen LogP contribution in [0, 0.1) is 5.92 Å². The molecule has 19 heavy (non-hydrogen) atoms. The summed E-state index contributed by atoms with van der Waals surface area (Å²) in [5.74, 6) is 0.774. The first-order valence-electron chi connectivity index (χ1n) is 7.38. The highest BCUT2D eigenvalue weighted by molar-refractivity contribution is 5.13. The highest BCUT2D eigenvalue weighted by Crippen LogP contribution is 2.43.